The molecule has 0 aromatic carbocycles. The van der Waals surface area contributed by atoms with Gasteiger partial charge >= 0.3 is 6.09 Å². The second-order valence-corrected chi connectivity index (χ2v) is 3.82. The summed E-state index contributed by atoms with van der Waals surface area (Å²) in [4.78, 5) is 22.4. The molecule has 2 fully saturated rings. The van der Waals surface area contributed by atoms with Crippen molar-refractivity contribution in [2.45, 2.75) is 25.3 Å². The fourth-order valence-electron chi connectivity index (χ4n) is 1.97. The van der Waals surface area contributed by atoms with Gasteiger partial charge in [-0.05, 0) is 24.7 Å². The van der Waals surface area contributed by atoms with Gasteiger partial charge in [0.1, 0.15) is 6.29 Å². The average molecular weight is 169 g/mol. The van der Waals surface area contributed by atoms with E-state index in [0.717, 1.165) is 25.5 Å². The summed E-state index contributed by atoms with van der Waals surface area (Å²) < 4.78 is 0. The number of carboxylic acid groups (broad SMARTS) is 1. The molecule has 0 radical (unpaired) electrons. The lowest BCUT2D eigenvalue weighted by molar-refractivity contribution is -0.111. The van der Waals surface area contributed by atoms with Crippen LogP contribution in [0.25, 0.3) is 0 Å². The van der Waals surface area contributed by atoms with Crippen molar-refractivity contribution in [3.63, 3.8) is 0 Å². The van der Waals surface area contributed by atoms with Gasteiger partial charge in [-0.3, -0.25) is 4.90 Å². The lowest BCUT2D eigenvalue weighted by atomic mass is 10.0. The smallest absolute Gasteiger partial charge is 0.407 e. The molecule has 0 aromatic heterocycles. The van der Waals surface area contributed by atoms with E-state index in [0.29, 0.717) is 6.54 Å². The Morgan fingerprint density at radius 2 is 2.25 bits per heavy atom. The molecule has 4 heteroatoms. The molecule has 1 saturated carbocycles. The zero-order valence-corrected chi connectivity index (χ0v) is 6.69. The molecule has 1 N–H and O–H groups in total. The molecule has 2 rings (SSSR count). The summed E-state index contributed by atoms with van der Waals surface area (Å²) in [6.07, 6.45) is 2.70. The van der Waals surface area contributed by atoms with Crippen LogP contribution in [0, 0.1) is 5.41 Å². The number of amides is 1. The van der Waals surface area contributed by atoms with Gasteiger partial charge in [-0.25, -0.2) is 4.79 Å². The molecule has 1 saturated heterocycles. The fourth-order valence-corrected chi connectivity index (χ4v) is 1.97. The van der Waals surface area contributed by atoms with Crippen molar-refractivity contribution in [2.75, 3.05) is 6.54 Å². The molecule has 0 bridgehead atoms. The number of nitrogens with zero attached hydrogens (tertiary/aromatic N) is 1. The molecule has 1 aliphatic heterocycles. The van der Waals surface area contributed by atoms with E-state index in [1.54, 1.807) is 0 Å². The van der Waals surface area contributed by atoms with Crippen molar-refractivity contribution in [2.24, 2.45) is 5.41 Å². The van der Waals surface area contributed by atoms with E-state index in [2.05, 4.69) is 0 Å². The van der Waals surface area contributed by atoms with Gasteiger partial charge in [0.2, 0.25) is 0 Å². The number of aldehydes is 1. The topological polar surface area (TPSA) is 57.6 Å². The minimum Gasteiger partial charge on any atom is -0.465 e. The SMILES string of the molecule is O=C[C@@H]1CC2(CC2)CN1C(=O)O. The van der Waals surface area contributed by atoms with Crippen molar-refractivity contribution in [1.29, 1.82) is 0 Å². The number of hydrogen-bond donors (Lipinski definition) is 1. The molecule has 1 heterocycles. The van der Waals surface area contributed by atoms with Crippen molar-refractivity contribution in [3.8, 4) is 0 Å². The summed E-state index contributed by atoms with van der Waals surface area (Å²) in [6.45, 7) is 0.561. The van der Waals surface area contributed by atoms with E-state index in [-0.39, 0.29) is 11.5 Å². The fraction of sp³-hybridized carbons (Fsp3) is 0.750. The van der Waals surface area contributed by atoms with Gasteiger partial charge in [-0.2, -0.15) is 0 Å². The van der Waals surface area contributed by atoms with Gasteiger partial charge in [0.05, 0.1) is 6.04 Å². The van der Waals surface area contributed by atoms with Gasteiger partial charge < -0.3 is 9.90 Å². The number of hydrogen-bond acceptors (Lipinski definition) is 2. The van der Waals surface area contributed by atoms with Crippen LogP contribution >= 0.6 is 0 Å². The maximum Gasteiger partial charge on any atom is 0.407 e. The number of rotatable bonds is 1. The molecule has 2 aliphatic rings. The summed E-state index contributed by atoms with van der Waals surface area (Å²) in [5.41, 5.74) is 0.184. The van der Waals surface area contributed by atoms with E-state index < -0.39 is 6.09 Å². The summed E-state index contributed by atoms with van der Waals surface area (Å²) in [5, 5.41) is 8.74. The highest BCUT2D eigenvalue weighted by molar-refractivity contribution is 5.73. The van der Waals surface area contributed by atoms with Crippen LogP contribution in [0.4, 0.5) is 4.79 Å². The maximum absolute atomic E-state index is 10.7. The van der Waals surface area contributed by atoms with E-state index in [1.165, 1.54) is 4.90 Å². The Balaban J connectivity index is 2.12. The minimum absolute atomic E-state index is 0.184. The molecular formula is C8H11NO3. The zero-order chi connectivity index (χ0) is 8.77. The number of carbonyl (C=O) groups is 2. The van der Waals surface area contributed by atoms with Crippen molar-refractivity contribution < 1.29 is 14.7 Å². The van der Waals surface area contributed by atoms with E-state index >= 15 is 0 Å². The summed E-state index contributed by atoms with van der Waals surface area (Å²) in [7, 11) is 0. The van der Waals surface area contributed by atoms with Crippen LogP contribution in [-0.4, -0.2) is 35.0 Å². The highest BCUT2D eigenvalue weighted by Crippen LogP contribution is 2.54. The Labute approximate surface area is 70.2 Å². The predicted octanol–water partition coefficient (Wildman–Crippen LogP) is 0.718. The van der Waals surface area contributed by atoms with Crippen LogP contribution in [0.5, 0.6) is 0 Å². The summed E-state index contributed by atoms with van der Waals surface area (Å²) in [6, 6.07) is -0.384. The third-order valence-electron chi connectivity index (χ3n) is 2.91. The Kier molecular flexibility index (Phi) is 1.40. The largest absolute Gasteiger partial charge is 0.465 e. The van der Waals surface area contributed by atoms with Crippen LogP contribution in [0.2, 0.25) is 0 Å². The van der Waals surface area contributed by atoms with Crippen molar-refractivity contribution >= 4 is 12.4 Å². The Bertz CT molecular complexity index is 234. The monoisotopic (exact) mass is 169 g/mol. The molecule has 1 amide bonds. The summed E-state index contributed by atoms with van der Waals surface area (Å²) >= 11 is 0. The lowest BCUT2D eigenvalue weighted by Gasteiger charge is -2.15. The predicted molar refractivity (Wildman–Crippen MR) is 40.9 cm³/mol. The molecule has 0 aromatic rings. The molecule has 66 valence electrons. The van der Waals surface area contributed by atoms with Crippen molar-refractivity contribution in [3.05, 3.63) is 0 Å². The van der Waals surface area contributed by atoms with Crippen LogP contribution in [0.15, 0.2) is 0 Å². The van der Waals surface area contributed by atoms with E-state index in [1.807, 2.05) is 0 Å². The first-order valence-corrected chi connectivity index (χ1v) is 4.12. The van der Waals surface area contributed by atoms with Crippen molar-refractivity contribution in [1.82, 2.24) is 4.90 Å². The van der Waals surface area contributed by atoms with Gasteiger partial charge in [-0.15, -0.1) is 0 Å². The minimum atomic E-state index is -0.962. The van der Waals surface area contributed by atoms with Gasteiger partial charge in [0.25, 0.3) is 0 Å². The standard InChI is InChI=1S/C8H11NO3/c10-4-6-3-8(1-2-8)5-9(6)7(11)12/h4,6H,1-3,5H2,(H,11,12)/t6-/m0/s1. The quantitative estimate of drug-likeness (QED) is 0.588. The highest BCUT2D eigenvalue weighted by Gasteiger charge is 2.53. The van der Waals surface area contributed by atoms with Gasteiger partial charge in [0.15, 0.2) is 0 Å². The maximum atomic E-state index is 10.7. The Hall–Kier alpha value is -1.06. The molecule has 1 atom stereocenters. The second kappa shape index (κ2) is 2.21. The molecule has 1 aliphatic carbocycles. The highest BCUT2D eigenvalue weighted by atomic mass is 16.4. The molecule has 0 unspecified atom stereocenters. The van der Waals surface area contributed by atoms with Crippen LogP contribution in [0.3, 0.4) is 0 Å². The lowest BCUT2D eigenvalue weighted by Crippen LogP contribution is -2.35. The first kappa shape index (κ1) is 7.58. The molecular weight excluding hydrogens is 158 g/mol. The first-order valence-electron chi connectivity index (χ1n) is 4.12. The zero-order valence-electron chi connectivity index (χ0n) is 6.69. The summed E-state index contributed by atoms with van der Waals surface area (Å²) in [5.74, 6) is 0. The van der Waals surface area contributed by atoms with Crippen LogP contribution < -0.4 is 0 Å². The normalized spacial score (nSPS) is 30.7. The average Bonchev–Trinajstić information content (AvgIpc) is 2.62. The van der Waals surface area contributed by atoms with Gasteiger partial charge in [0, 0.05) is 6.54 Å². The second-order valence-electron chi connectivity index (χ2n) is 3.82. The van der Waals surface area contributed by atoms with Crippen LogP contribution in [0.1, 0.15) is 19.3 Å². The van der Waals surface area contributed by atoms with E-state index in [9.17, 15) is 9.59 Å². The van der Waals surface area contributed by atoms with Crippen LogP contribution in [-0.2, 0) is 4.79 Å². The first-order chi connectivity index (χ1) is 5.67. The molecule has 1 spiro atoms. The Morgan fingerprint density at radius 1 is 1.58 bits per heavy atom. The number of likely N-dealkylation sites (tertiary alicyclic amines) is 1. The molecule has 4 nitrogen and oxygen atoms in total. The third kappa shape index (κ3) is 0.983. The number of carbonyl (C=O) groups excluding carboxylic acids is 1. The Morgan fingerprint density at radius 3 is 2.58 bits per heavy atom. The van der Waals surface area contributed by atoms with Gasteiger partial charge in [-0.1, -0.05) is 0 Å². The third-order valence-corrected chi connectivity index (χ3v) is 2.91. The van der Waals surface area contributed by atoms with E-state index in [4.69, 9.17) is 5.11 Å². The molecule has 12 heavy (non-hydrogen) atoms.